The van der Waals surface area contributed by atoms with Gasteiger partial charge >= 0.3 is 0 Å². The Morgan fingerprint density at radius 2 is 2.41 bits per heavy atom. The number of halogens is 1. The van der Waals surface area contributed by atoms with E-state index in [0.29, 0.717) is 6.04 Å². The summed E-state index contributed by atoms with van der Waals surface area (Å²) in [5, 5.41) is 3.50. The van der Waals surface area contributed by atoms with Gasteiger partial charge in [0.1, 0.15) is 5.75 Å². The second-order valence-corrected chi connectivity index (χ2v) is 5.05. The lowest BCUT2D eigenvalue weighted by molar-refractivity contribution is 0.315. The van der Waals surface area contributed by atoms with Crippen LogP contribution in [0.4, 0.5) is 0 Å². The first-order chi connectivity index (χ1) is 8.31. The van der Waals surface area contributed by atoms with Crippen molar-refractivity contribution in [2.24, 2.45) is 0 Å². The van der Waals surface area contributed by atoms with Crippen LogP contribution in [0.25, 0.3) is 0 Å². The van der Waals surface area contributed by atoms with Gasteiger partial charge in [0, 0.05) is 29.0 Å². The average molecular weight is 294 g/mol. The van der Waals surface area contributed by atoms with Crippen molar-refractivity contribution < 1.29 is 4.74 Å². The lowest BCUT2D eigenvalue weighted by Gasteiger charge is -2.18. The van der Waals surface area contributed by atoms with E-state index in [1.54, 1.807) is 0 Å². The van der Waals surface area contributed by atoms with Gasteiger partial charge in [-0.3, -0.25) is 0 Å². The van der Waals surface area contributed by atoms with E-state index in [2.05, 4.69) is 39.3 Å². The molecule has 0 aliphatic carbocycles. The number of hydrogen-bond acceptors (Lipinski definition) is 2. The number of benzene rings is 1. The summed E-state index contributed by atoms with van der Waals surface area (Å²) < 4.78 is 6.81. The SMILES string of the molecule is C#CCCNC1CCCOc2cc(Br)ccc21. The maximum Gasteiger partial charge on any atom is 0.125 e. The summed E-state index contributed by atoms with van der Waals surface area (Å²) in [6.45, 7) is 1.65. The van der Waals surface area contributed by atoms with E-state index >= 15 is 0 Å². The standard InChI is InChI=1S/C14H16BrNO/c1-2-3-8-16-13-5-4-9-17-14-10-11(15)6-7-12(13)14/h1,6-7,10,13,16H,3-5,8-9H2. The average Bonchev–Trinajstić information content (AvgIpc) is 2.52. The molecule has 1 aliphatic rings. The Morgan fingerprint density at radius 1 is 1.53 bits per heavy atom. The molecule has 0 radical (unpaired) electrons. The zero-order valence-electron chi connectivity index (χ0n) is 9.71. The summed E-state index contributed by atoms with van der Waals surface area (Å²) in [5.41, 5.74) is 1.24. The van der Waals surface area contributed by atoms with Crippen LogP contribution in [0.15, 0.2) is 22.7 Å². The van der Waals surface area contributed by atoms with Gasteiger partial charge in [-0.15, -0.1) is 12.3 Å². The van der Waals surface area contributed by atoms with Crippen LogP contribution >= 0.6 is 15.9 Å². The highest BCUT2D eigenvalue weighted by Gasteiger charge is 2.19. The summed E-state index contributed by atoms with van der Waals surface area (Å²) in [6, 6.07) is 6.58. The number of nitrogens with one attached hydrogen (secondary N) is 1. The minimum absolute atomic E-state index is 0.356. The van der Waals surface area contributed by atoms with E-state index in [0.717, 1.165) is 42.6 Å². The van der Waals surface area contributed by atoms with Crippen molar-refractivity contribution in [1.29, 1.82) is 0 Å². The van der Waals surface area contributed by atoms with E-state index in [9.17, 15) is 0 Å². The molecular formula is C14H16BrNO. The Kier molecular flexibility index (Phi) is 4.47. The van der Waals surface area contributed by atoms with Crippen molar-refractivity contribution in [2.75, 3.05) is 13.2 Å². The normalized spacial score (nSPS) is 18.7. The van der Waals surface area contributed by atoms with E-state index in [1.165, 1.54) is 5.56 Å². The second kappa shape index (κ2) is 6.09. The second-order valence-electron chi connectivity index (χ2n) is 4.13. The molecular weight excluding hydrogens is 278 g/mol. The largest absolute Gasteiger partial charge is 0.493 e. The molecule has 0 amide bonds. The Morgan fingerprint density at radius 3 is 3.24 bits per heavy atom. The Bertz CT molecular complexity index is 425. The van der Waals surface area contributed by atoms with Crippen molar-refractivity contribution in [3.8, 4) is 18.1 Å². The molecule has 17 heavy (non-hydrogen) atoms. The number of fused-ring (bicyclic) bond motifs is 1. The third-order valence-electron chi connectivity index (χ3n) is 2.91. The predicted molar refractivity (Wildman–Crippen MR) is 73.1 cm³/mol. The predicted octanol–water partition coefficient (Wildman–Crippen LogP) is 3.28. The van der Waals surface area contributed by atoms with Crippen LogP contribution in [-0.2, 0) is 0 Å². The Labute approximate surface area is 111 Å². The molecule has 0 spiro atoms. The smallest absolute Gasteiger partial charge is 0.125 e. The minimum atomic E-state index is 0.356. The molecule has 1 aromatic rings. The Balaban J connectivity index is 2.15. The van der Waals surface area contributed by atoms with Crippen molar-refractivity contribution in [1.82, 2.24) is 5.32 Å². The fraction of sp³-hybridized carbons (Fsp3) is 0.429. The summed E-state index contributed by atoms with van der Waals surface area (Å²) in [7, 11) is 0. The molecule has 0 aromatic heterocycles. The first-order valence-electron chi connectivity index (χ1n) is 5.90. The molecule has 3 heteroatoms. The molecule has 1 aromatic carbocycles. The van der Waals surface area contributed by atoms with Crippen LogP contribution in [-0.4, -0.2) is 13.2 Å². The van der Waals surface area contributed by atoms with Gasteiger partial charge in [-0.2, -0.15) is 0 Å². The first-order valence-corrected chi connectivity index (χ1v) is 6.69. The van der Waals surface area contributed by atoms with E-state index in [-0.39, 0.29) is 0 Å². The van der Waals surface area contributed by atoms with E-state index in [1.807, 2.05) is 6.07 Å². The molecule has 1 aliphatic heterocycles. The summed E-state index contributed by atoms with van der Waals surface area (Å²) >= 11 is 3.47. The van der Waals surface area contributed by atoms with Crippen molar-refractivity contribution in [2.45, 2.75) is 25.3 Å². The van der Waals surface area contributed by atoms with Crippen molar-refractivity contribution in [3.05, 3.63) is 28.2 Å². The van der Waals surface area contributed by atoms with Gasteiger partial charge in [0.15, 0.2) is 0 Å². The van der Waals surface area contributed by atoms with E-state index < -0.39 is 0 Å². The van der Waals surface area contributed by atoms with Crippen LogP contribution in [0.3, 0.4) is 0 Å². The summed E-state index contributed by atoms with van der Waals surface area (Å²) in [4.78, 5) is 0. The number of rotatable bonds is 3. The lowest BCUT2D eigenvalue weighted by Crippen LogP contribution is -2.21. The van der Waals surface area contributed by atoms with Gasteiger partial charge in [-0.25, -0.2) is 0 Å². The quantitative estimate of drug-likeness (QED) is 0.682. The fourth-order valence-electron chi connectivity index (χ4n) is 2.08. The minimum Gasteiger partial charge on any atom is -0.493 e. The fourth-order valence-corrected chi connectivity index (χ4v) is 2.42. The highest BCUT2D eigenvalue weighted by molar-refractivity contribution is 9.10. The molecule has 0 fully saturated rings. The molecule has 0 saturated carbocycles. The number of ether oxygens (including phenoxy) is 1. The molecule has 90 valence electrons. The van der Waals surface area contributed by atoms with Gasteiger partial charge in [0.05, 0.1) is 6.61 Å². The van der Waals surface area contributed by atoms with Gasteiger partial charge in [-0.05, 0) is 25.0 Å². The van der Waals surface area contributed by atoms with Crippen molar-refractivity contribution in [3.63, 3.8) is 0 Å². The molecule has 0 saturated heterocycles. The molecule has 1 N–H and O–H groups in total. The first kappa shape index (κ1) is 12.5. The lowest BCUT2D eigenvalue weighted by atomic mass is 10.0. The molecule has 1 unspecified atom stereocenters. The maximum absolute atomic E-state index is 5.76. The van der Waals surface area contributed by atoms with Crippen LogP contribution in [0.5, 0.6) is 5.75 Å². The van der Waals surface area contributed by atoms with Crippen LogP contribution in [0.1, 0.15) is 30.9 Å². The zero-order valence-corrected chi connectivity index (χ0v) is 11.3. The maximum atomic E-state index is 5.76. The zero-order chi connectivity index (χ0) is 12.1. The van der Waals surface area contributed by atoms with Crippen LogP contribution in [0.2, 0.25) is 0 Å². The summed E-state index contributed by atoms with van der Waals surface area (Å²) in [6.07, 6.45) is 8.20. The van der Waals surface area contributed by atoms with Crippen LogP contribution < -0.4 is 10.1 Å². The van der Waals surface area contributed by atoms with Gasteiger partial charge < -0.3 is 10.1 Å². The number of hydrogen-bond donors (Lipinski definition) is 1. The van der Waals surface area contributed by atoms with Gasteiger partial charge in [0.2, 0.25) is 0 Å². The molecule has 1 atom stereocenters. The highest BCUT2D eigenvalue weighted by Crippen LogP contribution is 2.33. The molecule has 1 heterocycles. The Hall–Kier alpha value is -0.980. The topological polar surface area (TPSA) is 21.3 Å². The third kappa shape index (κ3) is 3.24. The van der Waals surface area contributed by atoms with Crippen LogP contribution in [0, 0.1) is 12.3 Å². The monoisotopic (exact) mass is 293 g/mol. The third-order valence-corrected chi connectivity index (χ3v) is 3.40. The van der Waals surface area contributed by atoms with Gasteiger partial charge in [0.25, 0.3) is 0 Å². The van der Waals surface area contributed by atoms with E-state index in [4.69, 9.17) is 11.2 Å². The molecule has 0 bridgehead atoms. The summed E-state index contributed by atoms with van der Waals surface area (Å²) in [5.74, 6) is 3.64. The highest BCUT2D eigenvalue weighted by atomic mass is 79.9. The van der Waals surface area contributed by atoms with Gasteiger partial charge in [-0.1, -0.05) is 22.0 Å². The molecule has 2 rings (SSSR count). The number of terminal acetylenes is 1. The van der Waals surface area contributed by atoms with Crippen molar-refractivity contribution >= 4 is 15.9 Å². The molecule has 2 nitrogen and oxygen atoms in total.